The molecule has 0 aromatic heterocycles. The maximum absolute atomic E-state index is 12.3. The summed E-state index contributed by atoms with van der Waals surface area (Å²) in [5, 5.41) is 23.1. The predicted octanol–water partition coefficient (Wildman–Crippen LogP) is 2.38. The summed E-state index contributed by atoms with van der Waals surface area (Å²) in [6.45, 7) is 7.69. The maximum atomic E-state index is 12.3. The van der Waals surface area contributed by atoms with E-state index in [2.05, 4.69) is 5.32 Å². The maximum Gasteiger partial charge on any atom is 0.311 e. The number of nitro benzene ring substituents is 1. The third-order valence-corrected chi connectivity index (χ3v) is 3.81. The number of carbonyl (C=O) groups excluding carboxylic acids is 1. The number of hydrogen-bond acceptors (Lipinski definition) is 5. The van der Waals surface area contributed by atoms with Crippen molar-refractivity contribution in [2.75, 3.05) is 0 Å². The summed E-state index contributed by atoms with van der Waals surface area (Å²) in [6, 6.07) is 3.36. The number of ether oxygens (including phenoxy) is 1. The van der Waals surface area contributed by atoms with E-state index in [1.54, 1.807) is 0 Å². The van der Waals surface area contributed by atoms with E-state index in [1.165, 1.54) is 6.07 Å². The molecule has 1 heterocycles. The molecule has 0 aliphatic carbocycles. The van der Waals surface area contributed by atoms with Crippen LogP contribution in [-0.4, -0.2) is 33.2 Å². The van der Waals surface area contributed by atoms with Gasteiger partial charge < -0.3 is 15.2 Å². The fourth-order valence-corrected chi connectivity index (χ4v) is 2.84. The average Bonchev–Trinajstić information content (AvgIpc) is 2.56. The summed E-state index contributed by atoms with van der Waals surface area (Å²) in [5.74, 6) is -0.894. The zero-order valence-electron chi connectivity index (χ0n) is 13.0. The van der Waals surface area contributed by atoms with Gasteiger partial charge in [0.25, 0.3) is 5.91 Å². The van der Waals surface area contributed by atoms with Gasteiger partial charge in [-0.3, -0.25) is 14.9 Å². The lowest BCUT2D eigenvalue weighted by Crippen LogP contribution is -2.46. The molecule has 0 radical (unpaired) electrons. The molecule has 1 amide bonds. The molecular weight excluding hydrogens is 288 g/mol. The number of phenolic OH excluding ortho intramolecular Hbond substituents is 1. The number of aromatic hydroxyl groups is 1. The Morgan fingerprint density at radius 3 is 2.55 bits per heavy atom. The number of carbonyl (C=O) groups is 1. The zero-order chi connectivity index (χ0) is 16.7. The molecule has 2 N–H and O–H groups in total. The van der Waals surface area contributed by atoms with Crippen molar-refractivity contribution in [2.45, 2.75) is 51.4 Å². The SMILES string of the molecule is CC1(C)CC(NC(=O)c2ccc(O)c([N+](=O)[O-])c2)C(C)(C)O1. The molecule has 120 valence electrons. The summed E-state index contributed by atoms with van der Waals surface area (Å²) >= 11 is 0. The normalized spacial score (nSPS) is 22.3. The first kappa shape index (κ1) is 16.2. The Balaban J connectivity index is 2.20. The van der Waals surface area contributed by atoms with E-state index < -0.39 is 27.9 Å². The predicted molar refractivity (Wildman–Crippen MR) is 79.9 cm³/mol. The van der Waals surface area contributed by atoms with E-state index >= 15 is 0 Å². The van der Waals surface area contributed by atoms with E-state index in [4.69, 9.17) is 4.74 Å². The van der Waals surface area contributed by atoms with E-state index in [-0.39, 0.29) is 17.2 Å². The molecule has 1 aliphatic rings. The van der Waals surface area contributed by atoms with Crippen molar-refractivity contribution in [2.24, 2.45) is 0 Å². The van der Waals surface area contributed by atoms with Gasteiger partial charge in [-0.2, -0.15) is 0 Å². The zero-order valence-corrected chi connectivity index (χ0v) is 13.0. The van der Waals surface area contributed by atoms with Gasteiger partial charge in [-0.1, -0.05) is 0 Å². The molecule has 7 heteroatoms. The van der Waals surface area contributed by atoms with Gasteiger partial charge >= 0.3 is 5.69 Å². The molecule has 22 heavy (non-hydrogen) atoms. The van der Waals surface area contributed by atoms with Crippen LogP contribution in [0.2, 0.25) is 0 Å². The fraction of sp³-hybridized carbons (Fsp3) is 0.533. The van der Waals surface area contributed by atoms with E-state index in [0.29, 0.717) is 6.42 Å². The number of rotatable bonds is 3. The van der Waals surface area contributed by atoms with Crippen molar-refractivity contribution in [3.05, 3.63) is 33.9 Å². The van der Waals surface area contributed by atoms with Gasteiger partial charge in [0, 0.05) is 11.6 Å². The van der Waals surface area contributed by atoms with Crippen molar-refractivity contribution < 1.29 is 19.6 Å². The van der Waals surface area contributed by atoms with Crippen LogP contribution in [0.1, 0.15) is 44.5 Å². The van der Waals surface area contributed by atoms with Crippen LogP contribution in [0, 0.1) is 10.1 Å². The number of phenols is 1. The smallest absolute Gasteiger partial charge is 0.311 e. The second kappa shape index (κ2) is 5.24. The highest BCUT2D eigenvalue weighted by molar-refractivity contribution is 5.95. The van der Waals surface area contributed by atoms with Crippen molar-refractivity contribution in [3.8, 4) is 5.75 Å². The lowest BCUT2D eigenvalue weighted by Gasteiger charge is -2.27. The third kappa shape index (κ3) is 3.19. The van der Waals surface area contributed by atoms with Crippen molar-refractivity contribution in [1.82, 2.24) is 5.32 Å². The lowest BCUT2D eigenvalue weighted by atomic mass is 9.94. The van der Waals surface area contributed by atoms with Gasteiger partial charge in [-0.25, -0.2) is 0 Å². The van der Waals surface area contributed by atoms with Gasteiger partial charge in [0.15, 0.2) is 5.75 Å². The van der Waals surface area contributed by atoms with Crippen LogP contribution in [0.5, 0.6) is 5.75 Å². The van der Waals surface area contributed by atoms with Crippen LogP contribution in [-0.2, 0) is 4.74 Å². The summed E-state index contributed by atoms with van der Waals surface area (Å²) in [5.41, 5.74) is -1.23. The topological polar surface area (TPSA) is 102 Å². The first-order chi connectivity index (χ1) is 10.0. The Bertz CT molecular complexity index is 624. The van der Waals surface area contributed by atoms with E-state index in [9.17, 15) is 20.0 Å². The molecule has 7 nitrogen and oxygen atoms in total. The minimum absolute atomic E-state index is 0.130. The number of hydrogen-bond donors (Lipinski definition) is 2. The minimum Gasteiger partial charge on any atom is -0.502 e. The number of nitrogens with one attached hydrogen (secondary N) is 1. The van der Waals surface area contributed by atoms with Gasteiger partial charge in [0.05, 0.1) is 22.2 Å². The van der Waals surface area contributed by atoms with Gasteiger partial charge in [0.1, 0.15) is 0 Å². The largest absolute Gasteiger partial charge is 0.502 e. The standard InChI is InChI=1S/C15H20N2O5/c1-14(2)8-12(15(3,4)22-14)16-13(19)9-5-6-11(18)10(7-9)17(20)21/h5-7,12,18H,8H2,1-4H3,(H,16,19). The first-order valence-electron chi connectivity index (χ1n) is 7.00. The van der Waals surface area contributed by atoms with Crippen molar-refractivity contribution in [1.29, 1.82) is 0 Å². The van der Waals surface area contributed by atoms with Crippen LogP contribution < -0.4 is 5.32 Å². The molecule has 0 spiro atoms. The Labute approximate surface area is 128 Å². The second-order valence-corrected chi connectivity index (χ2v) is 6.66. The molecule has 1 atom stereocenters. The molecule has 1 aromatic rings. The number of amides is 1. The molecule has 1 unspecified atom stereocenters. The minimum atomic E-state index is -0.724. The van der Waals surface area contributed by atoms with Crippen molar-refractivity contribution in [3.63, 3.8) is 0 Å². The monoisotopic (exact) mass is 308 g/mol. The summed E-state index contributed by atoms with van der Waals surface area (Å²) < 4.78 is 5.90. The summed E-state index contributed by atoms with van der Waals surface area (Å²) in [6.07, 6.45) is 0.645. The highest BCUT2D eigenvalue weighted by Gasteiger charge is 2.46. The van der Waals surface area contributed by atoms with E-state index in [0.717, 1.165) is 12.1 Å². The highest BCUT2D eigenvalue weighted by atomic mass is 16.6. The Morgan fingerprint density at radius 1 is 1.41 bits per heavy atom. The van der Waals surface area contributed by atoms with Crippen LogP contribution in [0.4, 0.5) is 5.69 Å². The van der Waals surface area contributed by atoms with Crippen molar-refractivity contribution >= 4 is 11.6 Å². The Kier molecular flexibility index (Phi) is 3.87. The molecule has 0 bridgehead atoms. The van der Waals surface area contributed by atoms with E-state index in [1.807, 2.05) is 27.7 Å². The molecule has 1 aromatic carbocycles. The van der Waals surface area contributed by atoms with Gasteiger partial charge in [-0.15, -0.1) is 0 Å². The molecule has 1 saturated heterocycles. The lowest BCUT2D eigenvalue weighted by molar-refractivity contribution is -0.385. The van der Waals surface area contributed by atoms with Crippen LogP contribution in [0.15, 0.2) is 18.2 Å². The van der Waals surface area contributed by atoms with Gasteiger partial charge in [0.2, 0.25) is 0 Å². The Hall–Kier alpha value is -2.15. The average molecular weight is 308 g/mol. The van der Waals surface area contributed by atoms with Crippen LogP contribution >= 0.6 is 0 Å². The summed E-state index contributed by atoms with van der Waals surface area (Å²) in [7, 11) is 0. The Morgan fingerprint density at radius 2 is 2.05 bits per heavy atom. The van der Waals surface area contributed by atoms with Gasteiger partial charge in [-0.05, 0) is 46.2 Å². The molecule has 2 rings (SSSR count). The number of benzene rings is 1. The number of nitro groups is 1. The summed E-state index contributed by atoms with van der Waals surface area (Å²) in [4.78, 5) is 22.4. The van der Waals surface area contributed by atoms with Crippen LogP contribution in [0.3, 0.4) is 0 Å². The molecule has 1 aliphatic heterocycles. The second-order valence-electron chi connectivity index (χ2n) is 6.66. The molecule has 0 saturated carbocycles. The number of nitrogens with zero attached hydrogens (tertiary/aromatic N) is 1. The van der Waals surface area contributed by atoms with Crippen LogP contribution in [0.25, 0.3) is 0 Å². The highest BCUT2D eigenvalue weighted by Crippen LogP contribution is 2.37. The third-order valence-electron chi connectivity index (χ3n) is 3.81. The quantitative estimate of drug-likeness (QED) is 0.659. The fourth-order valence-electron chi connectivity index (χ4n) is 2.84. The molecular formula is C15H20N2O5. The molecule has 1 fully saturated rings. The first-order valence-corrected chi connectivity index (χ1v) is 7.00.